The maximum absolute atomic E-state index is 5.40. The Hall–Kier alpha value is -1.96. The van der Waals surface area contributed by atoms with E-state index in [9.17, 15) is 0 Å². The Morgan fingerprint density at radius 3 is 2.55 bits per heavy atom. The van der Waals surface area contributed by atoms with Crippen LogP contribution >= 0.6 is 0 Å². The van der Waals surface area contributed by atoms with E-state index < -0.39 is 0 Å². The van der Waals surface area contributed by atoms with Crippen LogP contribution in [0.4, 0.5) is 0 Å². The zero-order valence-corrected chi connectivity index (χ0v) is 13.6. The largest absolute Gasteiger partial charge is 0.469 e. The Morgan fingerprint density at radius 2 is 1.86 bits per heavy atom. The van der Waals surface area contributed by atoms with Gasteiger partial charge in [-0.15, -0.1) is 0 Å². The molecule has 0 radical (unpaired) electrons. The molecule has 1 aromatic heterocycles. The van der Waals surface area contributed by atoms with Crippen LogP contribution in [-0.4, -0.2) is 10.9 Å². The summed E-state index contributed by atoms with van der Waals surface area (Å²) in [7, 11) is 0. The van der Waals surface area contributed by atoms with Crippen molar-refractivity contribution in [2.75, 3.05) is 0 Å². The van der Waals surface area contributed by atoms with Gasteiger partial charge in [-0.2, -0.15) is 0 Å². The third kappa shape index (κ3) is 3.62. The lowest BCUT2D eigenvalue weighted by molar-refractivity contribution is 0.467. The molecule has 0 aliphatic carbocycles. The van der Waals surface area contributed by atoms with E-state index in [1.807, 2.05) is 6.07 Å². The summed E-state index contributed by atoms with van der Waals surface area (Å²) in [6, 6.07) is 15.5. The predicted molar refractivity (Wildman–Crippen MR) is 90.4 cm³/mol. The summed E-state index contributed by atoms with van der Waals surface area (Å²) in [5.74, 6) is 1.11. The van der Waals surface area contributed by atoms with Crippen LogP contribution in [0.5, 0.6) is 0 Å². The normalized spacial score (nSPS) is 16.9. The van der Waals surface area contributed by atoms with Crippen LogP contribution in [0.15, 0.2) is 64.4 Å². The Labute approximate surface area is 133 Å². The lowest BCUT2D eigenvalue weighted by Gasteiger charge is -2.05. The zero-order chi connectivity index (χ0) is 15.4. The fourth-order valence-corrected chi connectivity index (χ4v) is 3.26. The Bertz CT molecular complexity index is 608. The Balaban J connectivity index is 1.48. The summed E-state index contributed by atoms with van der Waals surface area (Å²) in [5.41, 5.74) is 4.42. The third-order valence-corrected chi connectivity index (χ3v) is 4.37. The van der Waals surface area contributed by atoms with E-state index in [0.29, 0.717) is 6.04 Å². The molecule has 1 saturated heterocycles. The topological polar surface area (TPSA) is 16.1 Å². The number of unbranched alkanes of at least 4 members (excludes halogenated alkanes) is 1. The van der Waals surface area contributed by atoms with Gasteiger partial charge < -0.3 is 9.32 Å². The summed E-state index contributed by atoms with van der Waals surface area (Å²) >= 11 is 0. The molecule has 116 valence electrons. The van der Waals surface area contributed by atoms with E-state index >= 15 is 0 Å². The molecular formula is C20H25NO. The summed E-state index contributed by atoms with van der Waals surface area (Å²) in [5, 5.41) is 0. The summed E-state index contributed by atoms with van der Waals surface area (Å²) in [6.07, 6.45) is 6.54. The van der Waals surface area contributed by atoms with E-state index in [-0.39, 0.29) is 0 Å². The minimum absolute atomic E-state index is 0.654. The Morgan fingerprint density at radius 1 is 1.05 bits per heavy atom. The summed E-state index contributed by atoms with van der Waals surface area (Å²) < 4.78 is 5.40. The second-order valence-corrected chi connectivity index (χ2v) is 6.34. The maximum atomic E-state index is 5.40. The Kier molecular flexibility index (Phi) is 4.67. The monoisotopic (exact) mass is 295 g/mol. The average Bonchev–Trinajstić information content (AvgIpc) is 2.95. The molecule has 2 nitrogen and oxygen atoms in total. The van der Waals surface area contributed by atoms with Crippen LogP contribution < -0.4 is 0 Å². The maximum Gasteiger partial charge on any atom is 0.103 e. The van der Waals surface area contributed by atoms with Crippen molar-refractivity contribution in [3.63, 3.8) is 0 Å². The highest BCUT2D eigenvalue weighted by Gasteiger charge is 2.40. The minimum atomic E-state index is 0.654. The minimum Gasteiger partial charge on any atom is -0.469 e. The smallest absolute Gasteiger partial charge is 0.103 e. The molecule has 0 bridgehead atoms. The lowest BCUT2D eigenvalue weighted by atomic mass is 10.1. The van der Waals surface area contributed by atoms with E-state index in [0.717, 1.165) is 18.7 Å². The third-order valence-electron chi connectivity index (χ3n) is 4.37. The number of furan rings is 1. The van der Waals surface area contributed by atoms with Crippen LogP contribution in [0.2, 0.25) is 0 Å². The van der Waals surface area contributed by atoms with Crippen LogP contribution in [0.3, 0.4) is 0 Å². The van der Waals surface area contributed by atoms with Crippen LogP contribution in [0, 0.1) is 0 Å². The highest BCUT2D eigenvalue weighted by atomic mass is 16.3. The fraction of sp³-hybridized carbons (Fsp3) is 0.400. The number of hydrogen-bond donors (Lipinski definition) is 0. The van der Waals surface area contributed by atoms with Crippen LogP contribution in [-0.2, 0) is 13.0 Å². The quantitative estimate of drug-likeness (QED) is 0.517. The van der Waals surface area contributed by atoms with Crippen molar-refractivity contribution in [2.24, 2.45) is 0 Å². The van der Waals surface area contributed by atoms with Crippen LogP contribution in [0.25, 0.3) is 0 Å². The van der Waals surface area contributed by atoms with Gasteiger partial charge in [-0.1, -0.05) is 42.3 Å². The molecule has 2 heteroatoms. The van der Waals surface area contributed by atoms with Gasteiger partial charge in [0.25, 0.3) is 0 Å². The summed E-state index contributed by atoms with van der Waals surface area (Å²) in [6.45, 7) is 5.51. The molecule has 3 rings (SSSR count). The zero-order valence-electron chi connectivity index (χ0n) is 13.6. The van der Waals surface area contributed by atoms with Crippen molar-refractivity contribution >= 4 is 0 Å². The predicted octanol–water partition coefficient (Wildman–Crippen LogP) is 5.17. The molecule has 22 heavy (non-hydrogen) atoms. The molecule has 0 amide bonds. The fourth-order valence-electron chi connectivity index (χ4n) is 3.26. The van der Waals surface area contributed by atoms with E-state index in [4.69, 9.17) is 4.42 Å². The van der Waals surface area contributed by atoms with Crippen molar-refractivity contribution < 1.29 is 4.42 Å². The molecule has 0 saturated carbocycles. The van der Waals surface area contributed by atoms with E-state index in [2.05, 4.69) is 55.1 Å². The van der Waals surface area contributed by atoms with Gasteiger partial charge in [-0.25, -0.2) is 0 Å². The van der Waals surface area contributed by atoms with Crippen LogP contribution in [0.1, 0.15) is 44.4 Å². The van der Waals surface area contributed by atoms with Crippen molar-refractivity contribution in [1.82, 2.24) is 4.90 Å². The molecule has 1 aliphatic rings. The number of allylic oxidation sites excluding steroid dienone is 1. The number of aryl methyl sites for hydroxylation is 1. The lowest BCUT2D eigenvalue weighted by Crippen LogP contribution is -2.02. The van der Waals surface area contributed by atoms with Crippen molar-refractivity contribution in [3.8, 4) is 0 Å². The number of rotatable bonds is 7. The second-order valence-electron chi connectivity index (χ2n) is 6.34. The first-order chi connectivity index (χ1) is 10.8. The number of benzene rings is 1. The average molecular weight is 295 g/mol. The highest BCUT2D eigenvalue weighted by molar-refractivity contribution is 5.32. The van der Waals surface area contributed by atoms with Crippen molar-refractivity contribution in [2.45, 2.75) is 52.1 Å². The molecule has 1 atom stereocenters. The molecule has 1 aliphatic heterocycles. The molecular weight excluding hydrogens is 270 g/mol. The second kappa shape index (κ2) is 6.87. The van der Waals surface area contributed by atoms with Gasteiger partial charge in [0, 0.05) is 18.7 Å². The molecule has 1 unspecified atom stereocenters. The number of hydrogen-bond acceptors (Lipinski definition) is 2. The van der Waals surface area contributed by atoms with Crippen molar-refractivity contribution in [1.29, 1.82) is 0 Å². The van der Waals surface area contributed by atoms with Gasteiger partial charge >= 0.3 is 0 Å². The molecule has 2 heterocycles. The summed E-state index contributed by atoms with van der Waals surface area (Å²) in [4.78, 5) is 2.55. The van der Waals surface area contributed by atoms with Gasteiger partial charge in [-0.05, 0) is 44.4 Å². The first kappa shape index (κ1) is 15.0. The van der Waals surface area contributed by atoms with E-state index in [1.54, 1.807) is 12.0 Å². The van der Waals surface area contributed by atoms with Gasteiger partial charge in [0.1, 0.15) is 5.76 Å². The standard InChI is InChI=1S/C20H25NO/c1-16(2)20-19(13-7-6-11-18-12-8-14-22-18)21(20)15-17-9-4-3-5-10-17/h3-5,8-10,12,14,19H,6-7,11,13,15H2,1-2H3. The first-order valence-corrected chi connectivity index (χ1v) is 8.26. The van der Waals surface area contributed by atoms with Gasteiger partial charge in [0.05, 0.1) is 12.3 Å². The first-order valence-electron chi connectivity index (χ1n) is 8.26. The van der Waals surface area contributed by atoms with Crippen molar-refractivity contribution in [3.05, 3.63) is 71.3 Å². The SMILES string of the molecule is CC(C)=C1C(CCCCc2ccco2)N1Cc1ccccc1. The van der Waals surface area contributed by atoms with E-state index in [1.165, 1.54) is 30.4 Å². The van der Waals surface area contributed by atoms with Gasteiger partial charge in [0.15, 0.2) is 0 Å². The molecule has 2 aromatic rings. The molecule has 1 fully saturated rings. The molecule has 0 N–H and O–H groups in total. The number of nitrogens with zero attached hydrogens (tertiary/aromatic N) is 1. The highest BCUT2D eigenvalue weighted by Crippen LogP contribution is 2.40. The molecule has 1 aromatic carbocycles. The molecule has 0 spiro atoms. The van der Waals surface area contributed by atoms with Gasteiger partial charge in [0.2, 0.25) is 0 Å². The van der Waals surface area contributed by atoms with Gasteiger partial charge in [-0.3, -0.25) is 0 Å².